The molecule has 0 bridgehead atoms. The van der Waals surface area contributed by atoms with Gasteiger partial charge in [-0.05, 0) is 12.8 Å². The molecular weight excluding hydrogens is 268 g/mol. The fourth-order valence-electron chi connectivity index (χ4n) is 1.19. The maximum atomic E-state index is 11.7. The summed E-state index contributed by atoms with van der Waals surface area (Å²) in [5.41, 5.74) is 5.71. The molecule has 3 N–H and O–H groups in total. The van der Waals surface area contributed by atoms with Crippen LogP contribution in [-0.2, 0) is 19.1 Å². The molecule has 0 aromatic rings. The molecule has 0 saturated carbocycles. The first-order valence-corrected chi connectivity index (χ1v) is 7.14. The Bertz CT molecular complexity index is 334. The van der Waals surface area contributed by atoms with Gasteiger partial charge in [-0.1, -0.05) is 25.6 Å². The Labute approximate surface area is 117 Å². The average Bonchev–Trinajstić information content (AvgIpc) is 2.32. The van der Waals surface area contributed by atoms with Gasteiger partial charge in [-0.25, -0.2) is 4.79 Å². The van der Waals surface area contributed by atoms with Crippen molar-refractivity contribution in [1.82, 2.24) is 5.32 Å². The second-order valence-corrected chi connectivity index (χ2v) is 5.43. The Hall–Kier alpha value is -1.08. The SMILES string of the molecule is CCOC(=O)C(CSC(=O)C(N)C(C)C)NC(C)=O. The lowest BCUT2D eigenvalue weighted by molar-refractivity contribution is -0.146. The van der Waals surface area contributed by atoms with Crippen LogP contribution >= 0.6 is 11.8 Å². The lowest BCUT2D eigenvalue weighted by atomic mass is 10.1. The summed E-state index contributed by atoms with van der Waals surface area (Å²) in [6.45, 7) is 6.90. The highest BCUT2D eigenvalue weighted by molar-refractivity contribution is 8.13. The van der Waals surface area contributed by atoms with Crippen molar-refractivity contribution in [3.05, 3.63) is 0 Å². The average molecular weight is 290 g/mol. The quantitative estimate of drug-likeness (QED) is 0.654. The van der Waals surface area contributed by atoms with Gasteiger partial charge >= 0.3 is 5.97 Å². The van der Waals surface area contributed by atoms with E-state index < -0.39 is 18.1 Å². The molecule has 0 aliphatic heterocycles. The number of carbonyl (C=O) groups excluding carboxylic acids is 3. The molecule has 110 valence electrons. The fraction of sp³-hybridized carbons (Fsp3) is 0.750. The Morgan fingerprint density at radius 3 is 2.32 bits per heavy atom. The summed E-state index contributed by atoms with van der Waals surface area (Å²) in [6.07, 6.45) is 0. The molecule has 7 heteroatoms. The normalized spacial score (nSPS) is 13.8. The molecule has 0 fully saturated rings. The molecule has 0 rings (SSSR count). The molecule has 0 saturated heterocycles. The highest BCUT2D eigenvalue weighted by Gasteiger charge is 2.24. The zero-order valence-corrected chi connectivity index (χ0v) is 12.6. The number of ether oxygens (including phenoxy) is 1. The topological polar surface area (TPSA) is 98.5 Å². The number of hydrogen-bond donors (Lipinski definition) is 2. The molecular formula is C12H22N2O4S. The second-order valence-electron chi connectivity index (χ2n) is 4.40. The molecule has 0 spiro atoms. The van der Waals surface area contributed by atoms with E-state index in [9.17, 15) is 14.4 Å². The number of esters is 1. The standard InChI is InChI=1S/C12H22N2O4S/c1-5-18-11(16)9(14-8(4)15)6-19-12(17)10(13)7(2)3/h7,9-10H,5-6,13H2,1-4H3,(H,14,15). The van der Waals surface area contributed by atoms with Crippen LogP contribution in [0, 0.1) is 5.92 Å². The molecule has 2 atom stereocenters. The monoisotopic (exact) mass is 290 g/mol. The smallest absolute Gasteiger partial charge is 0.329 e. The first-order chi connectivity index (χ1) is 8.79. The minimum absolute atomic E-state index is 0.0295. The molecule has 0 aliphatic rings. The van der Waals surface area contributed by atoms with Crippen LogP contribution in [0.4, 0.5) is 0 Å². The van der Waals surface area contributed by atoms with Gasteiger partial charge in [-0.15, -0.1) is 0 Å². The van der Waals surface area contributed by atoms with Crippen LogP contribution in [0.2, 0.25) is 0 Å². The molecule has 2 unspecified atom stereocenters. The minimum atomic E-state index is -0.828. The van der Waals surface area contributed by atoms with E-state index in [4.69, 9.17) is 10.5 Å². The van der Waals surface area contributed by atoms with Crippen molar-refractivity contribution in [2.24, 2.45) is 11.7 Å². The number of carbonyl (C=O) groups is 3. The lowest BCUT2D eigenvalue weighted by Gasteiger charge is -2.18. The van der Waals surface area contributed by atoms with Crippen molar-refractivity contribution in [2.75, 3.05) is 12.4 Å². The van der Waals surface area contributed by atoms with Gasteiger partial charge < -0.3 is 15.8 Å². The summed E-state index contributed by atoms with van der Waals surface area (Å²) in [7, 11) is 0. The predicted octanol–water partition coefficient (Wildman–Crippen LogP) is 0.297. The molecule has 6 nitrogen and oxygen atoms in total. The number of hydrogen-bond acceptors (Lipinski definition) is 6. The Morgan fingerprint density at radius 2 is 1.89 bits per heavy atom. The first kappa shape index (κ1) is 17.9. The highest BCUT2D eigenvalue weighted by Crippen LogP contribution is 2.12. The van der Waals surface area contributed by atoms with E-state index in [1.165, 1.54) is 6.92 Å². The van der Waals surface area contributed by atoms with Gasteiger partial charge in [-0.3, -0.25) is 9.59 Å². The van der Waals surface area contributed by atoms with Crippen molar-refractivity contribution in [1.29, 1.82) is 0 Å². The number of thioether (sulfide) groups is 1. The van der Waals surface area contributed by atoms with E-state index in [0.29, 0.717) is 0 Å². The van der Waals surface area contributed by atoms with Crippen LogP contribution in [0.1, 0.15) is 27.7 Å². The maximum Gasteiger partial charge on any atom is 0.329 e. The van der Waals surface area contributed by atoms with Crippen LogP contribution < -0.4 is 11.1 Å². The number of nitrogens with one attached hydrogen (secondary N) is 1. The third-order valence-corrected chi connectivity index (χ3v) is 3.39. The van der Waals surface area contributed by atoms with Gasteiger partial charge in [0, 0.05) is 12.7 Å². The Kier molecular flexibility index (Phi) is 8.42. The van der Waals surface area contributed by atoms with Crippen LogP contribution in [0.5, 0.6) is 0 Å². The summed E-state index contributed by atoms with van der Waals surface area (Å²) in [5, 5.41) is 2.26. The van der Waals surface area contributed by atoms with Gasteiger partial charge in [0.25, 0.3) is 0 Å². The zero-order valence-electron chi connectivity index (χ0n) is 11.8. The molecule has 1 amide bonds. The summed E-state index contributed by atoms with van der Waals surface area (Å²) in [5.74, 6) is -0.741. The van der Waals surface area contributed by atoms with E-state index in [2.05, 4.69) is 5.32 Å². The number of nitrogens with two attached hydrogens (primary N) is 1. The molecule has 0 aromatic carbocycles. The predicted molar refractivity (Wildman–Crippen MR) is 74.5 cm³/mol. The van der Waals surface area contributed by atoms with E-state index in [0.717, 1.165) is 11.8 Å². The molecule has 0 radical (unpaired) electrons. The van der Waals surface area contributed by atoms with Gasteiger partial charge in [0.15, 0.2) is 0 Å². The van der Waals surface area contributed by atoms with Crippen LogP contribution in [0.25, 0.3) is 0 Å². The Balaban J connectivity index is 4.45. The molecule has 0 aliphatic carbocycles. The van der Waals surface area contributed by atoms with Crippen LogP contribution in [-0.4, -0.2) is 41.4 Å². The third kappa shape index (κ3) is 7.17. The summed E-state index contributed by atoms with van der Waals surface area (Å²) in [4.78, 5) is 34.3. The summed E-state index contributed by atoms with van der Waals surface area (Å²) >= 11 is 0.938. The van der Waals surface area contributed by atoms with Crippen molar-refractivity contribution in [3.63, 3.8) is 0 Å². The van der Waals surface area contributed by atoms with Crippen molar-refractivity contribution in [2.45, 2.75) is 39.8 Å². The second kappa shape index (κ2) is 8.92. The fourth-order valence-corrected chi connectivity index (χ4v) is 2.21. The summed E-state index contributed by atoms with van der Waals surface area (Å²) in [6, 6.07) is -1.41. The van der Waals surface area contributed by atoms with Gasteiger partial charge in [0.1, 0.15) is 6.04 Å². The summed E-state index contributed by atoms with van der Waals surface area (Å²) < 4.78 is 4.84. The van der Waals surface area contributed by atoms with Gasteiger partial charge in [-0.2, -0.15) is 0 Å². The molecule has 19 heavy (non-hydrogen) atoms. The zero-order chi connectivity index (χ0) is 15.0. The van der Waals surface area contributed by atoms with E-state index in [1.54, 1.807) is 6.92 Å². The number of amides is 1. The van der Waals surface area contributed by atoms with Gasteiger partial charge in [0.2, 0.25) is 11.0 Å². The lowest BCUT2D eigenvalue weighted by Crippen LogP contribution is -2.43. The highest BCUT2D eigenvalue weighted by atomic mass is 32.2. The van der Waals surface area contributed by atoms with Crippen LogP contribution in [0.3, 0.4) is 0 Å². The van der Waals surface area contributed by atoms with Crippen molar-refractivity contribution >= 4 is 28.8 Å². The van der Waals surface area contributed by atoms with E-state index in [-0.39, 0.29) is 29.3 Å². The molecule has 0 aromatic heterocycles. The number of rotatable bonds is 7. The maximum absolute atomic E-state index is 11.7. The van der Waals surface area contributed by atoms with Crippen molar-refractivity contribution < 1.29 is 19.1 Å². The largest absolute Gasteiger partial charge is 0.464 e. The first-order valence-electron chi connectivity index (χ1n) is 6.15. The minimum Gasteiger partial charge on any atom is -0.464 e. The van der Waals surface area contributed by atoms with Crippen LogP contribution in [0.15, 0.2) is 0 Å². The van der Waals surface area contributed by atoms with E-state index >= 15 is 0 Å². The molecule has 0 heterocycles. The van der Waals surface area contributed by atoms with E-state index in [1.807, 2.05) is 13.8 Å². The Morgan fingerprint density at radius 1 is 1.32 bits per heavy atom. The third-order valence-electron chi connectivity index (χ3n) is 2.33. The van der Waals surface area contributed by atoms with Gasteiger partial charge in [0.05, 0.1) is 12.6 Å². The van der Waals surface area contributed by atoms with Crippen molar-refractivity contribution in [3.8, 4) is 0 Å².